The van der Waals surface area contributed by atoms with Gasteiger partial charge in [0.25, 0.3) is 0 Å². The van der Waals surface area contributed by atoms with Crippen LogP contribution in [0.4, 0.5) is 0 Å². The van der Waals surface area contributed by atoms with E-state index in [1.807, 2.05) is 38.1 Å². The molecule has 0 spiro atoms. The standard InChI is InChI=1S/C15H22N2O2/c1-10(2)14(18)9-17-15(19)13-8-16-7-11-5-3-4-6-12(11)13/h3-6,10,13-14,16,18H,7-9H2,1-2H3,(H,17,19). The summed E-state index contributed by atoms with van der Waals surface area (Å²) in [7, 11) is 0. The van der Waals surface area contributed by atoms with E-state index in [1.54, 1.807) is 0 Å². The lowest BCUT2D eigenvalue weighted by Crippen LogP contribution is -2.42. The number of aliphatic hydroxyl groups excluding tert-OH is 1. The van der Waals surface area contributed by atoms with Gasteiger partial charge in [0.05, 0.1) is 12.0 Å². The number of aliphatic hydroxyl groups is 1. The van der Waals surface area contributed by atoms with Gasteiger partial charge in [-0.15, -0.1) is 0 Å². The summed E-state index contributed by atoms with van der Waals surface area (Å²) < 4.78 is 0. The molecule has 1 aromatic carbocycles. The van der Waals surface area contributed by atoms with Crippen LogP contribution < -0.4 is 10.6 Å². The van der Waals surface area contributed by atoms with Crippen LogP contribution in [0.2, 0.25) is 0 Å². The molecule has 1 amide bonds. The van der Waals surface area contributed by atoms with Gasteiger partial charge in [-0.3, -0.25) is 4.79 Å². The second kappa shape index (κ2) is 6.17. The first kappa shape index (κ1) is 14.0. The fourth-order valence-corrected chi connectivity index (χ4v) is 2.29. The number of fused-ring (bicyclic) bond motifs is 1. The van der Waals surface area contributed by atoms with Gasteiger partial charge in [-0.1, -0.05) is 38.1 Å². The number of hydrogen-bond donors (Lipinski definition) is 3. The van der Waals surface area contributed by atoms with Gasteiger partial charge in [0.2, 0.25) is 5.91 Å². The molecule has 0 bridgehead atoms. The Morgan fingerprint density at radius 3 is 2.95 bits per heavy atom. The summed E-state index contributed by atoms with van der Waals surface area (Å²) in [5, 5.41) is 15.8. The summed E-state index contributed by atoms with van der Waals surface area (Å²) in [6, 6.07) is 8.01. The highest BCUT2D eigenvalue weighted by Crippen LogP contribution is 2.23. The van der Waals surface area contributed by atoms with E-state index in [4.69, 9.17) is 0 Å². The van der Waals surface area contributed by atoms with E-state index in [2.05, 4.69) is 10.6 Å². The average molecular weight is 262 g/mol. The zero-order chi connectivity index (χ0) is 13.8. The Bertz CT molecular complexity index is 446. The predicted molar refractivity (Wildman–Crippen MR) is 74.7 cm³/mol. The predicted octanol–water partition coefficient (Wildman–Crippen LogP) is 1.01. The molecule has 2 atom stereocenters. The molecule has 104 valence electrons. The summed E-state index contributed by atoms with van der Waals surface area (Å²) >= 11 is 0. The molecule has 0 saturated carbocycles. The van der Waals surface area contributed by atoms with Crippen molar-refractivity contribution in [1.29, 1.82) is 0 Å². The largest absolute Gasteiger partial charge is 0.391 e. The van der Waals surface area contributed by atoms with Crippen molar-refractivity contribution < 1.29 is 9.90 Å². The third kappa shape index (κ3) is 3.33. The van der Waals surface area contributed by atoms with Crippen LogP contribution in [0.1, 0.15) is 30.9 Å². The zero-order valence-electron chi connectivity index (χ0n) is 11.5. The second-order valence-corrected chi connectivity index (χ2v) is 5.44. The highest BCUT2D eigenvalue weighted by Gasteiger charge is 2.26. The van der Waals surface area contributed by atoms with Crippen LogP contribution in [0.15, 0.2) is 24.3 Å². The smallest absolute Gasteiger partial charge is 0.228 e. The van der Waals surface area contributed by atoms with Crippen molar-refractivity contribution in [1.82, 2.24) is 10.6 Å². The molecule has 0 saturated heterocycles. The summed E-state index contributed by atoms with van der Waals surface area (Å²) in [5.41, 5.74) is 2.27. The molecule has 1 aromatic rings. The molecule has 4 nitrogen and oxygen atoms in total. The maximum atomic E-state index is 12.2. The van der Waals surface area contributed by atoms with Gasteiger partial charge in [-0.05, 0) is 17.0 Å². The number of carbonyl (C=O) groups is 1. The van der Waals surface area contributed by atoms with Crippen molar-refractivity contribution in [3.05, 3.63) is 35.4 Å². The number of hydrogen-bond acceptors (Lipinski definition) is 3. The van der Waals surface area contributed by atoms with Crippen LogP contribution in [-0.2, 0) is 11.3 Å². The molecule has 0 aliphatic carbocycles. The lowest BCUT2D eigenvalue weighted by molar-refractivity contribution is -0.123. The number of nitrogens with one attached hydrogen (secondary N) is 2. The van der Waals surface area contributed by atoms with E-state index in [-0.39, 0.29) is 17.7 Å². The van der Waals surface area contributed by atoms with Gasteiger partial charge in [-0.25, -0.2) is 0 Å². The first-order chi connectivity index (χ1) is 9.09. The normalized spacial score (nSPS) is 19.9. The van der Waals surface area contributed by atoms with Crippen LogP contribution in [0, 0.1) is 5.92 Å². The molecular weight excluding hydrogens is 240 g/mol. The Morgan fingerprint density at radius 1 is 1.47 bits per heavy atom. The molecule has 19 heavy (non-hydrogen) atoms. The quantitative estimate of drug-likeness (QED) is 0.759. The van der Waals surface area contributed by atoms with Crippen molar-refractivity contribution in [3.8, 4) is 0 Å². The number of benzene rings is 1. The number of rotatable bonds is 4. The third-order valence-corrected chi connectivity index (χ3v) is 3.67. The van der Waals surface area contributed by atoms with Crippen molar-refractivity contribution >= 4 is 5.91 Å². The van der Waals surface area contributed by atoms with Crippen molar-refractivity contribution in [2.75, 3.05) is 13.1 Å². The maximum absolute atomic E-state index is 12.2. The molecule has 4 heteroatoms. The van der Waals surface area contributed by atoms with Crippen LogP contribution >= 0.6 is 0 Å². The Labute approximate surface area is 114 Å². The number of carbonyl (C=O) groups excluding carboxylic acids is 1. The molecule has 1 heterocycles. The second-order valence-electron chi connectivity index (χ2n) is 5.44. The summed E-state index contributed by atoms with van der Waals surface area (Å²) in [6.07, 6.45) is -0.490. The van der Waals surface area contributed by atoms with E-state index in [1.165, 1.54) is 5.56 Å². The van der Waals surface area contributed by atoms with E-state index in [0.717, 1.165) is 12.1 Å². The Morgan fingerprint density at radius 2 is 2.21 bits per heavy atom. The molecule has 2 unspecified atom stereocenters. The monoisotopic (exact) mass is 262 g/mol. The fraction of sp³-hybridized carbons (Fsp3) is 0.533. The topological polar surface area (TPSA) is 61.4 Å². The van der Waals surface area contributed by atoms with Crippen molar-refractivity contribution in [3.63, 3.8) is 0 Å². The lowest BCUT2D eigenvalue weighted by atomic mass is 9.90. The van der Waals surface area contributed by atoms with Crippen LogP contribution in [0.5, 0.6) is 0 Å². The van der Waals surface area contributed by atoms with Crippen molar-refractivity contribution in [2.45, 2.75) is 32.4 Å². The minimum atomic E-state index is -0.490. The molecule has 1 aliphatic rings. The SMILES string of the molecule is CC(C)C(O)CNC(=O)C1CNCc2ccccc21. The lowest BCUT2D eigenvalue weighted by Gasteiger charge is -2.26. The maximum Gasteiger partial charge on any atom is 0.228 e. The molecule has 0 radical (unpaired) electrons. The molecule has 3 N–H and O–H groups in total. The molecule has 0 aromatic heterocycles. The van der Waals surface area contributed by atoms with Gasteiger partial charge in [-0.2, -0.15) is 0 Å². The Balaban J connectivity index is 2.01. The van der Waals surface area contributed by atoms with Crippen LogP contribution in [0.3, 0.4) is 0 Å². The van der Waals surface area contributed by atoms with Crippen molar-refractivity contribution in [2.24, 2.45) is 5.92 Å². The number of amides is 1. The van der Waals surface area contributed by atoms with Gasteiger partial charge in [0, 0.05) is 19.6 Å². The van der Waals surface area contributed by atoms with E-state index < -0.39 is 6.10 Å². The average Bonchev–Trinajstić information content (AvgIpc) is 2.43. The molecule has 2 rings (SSSR count). The van der Waals surface area contributed by atoms with E-state index in [0.29, 0.717) is 13.1 Å². The summed E-state index contributed by atoms with van der Waals surface area (Å²) in [5.74, 6) is -0.0271. The molecule has 1 aliphatic heterocycles. The Hall–Kier alpha value is -1.39. The first-order valence-electron chi connectivity index (χ1n) is 6.84. The first-order valence-corrected chi connectivity index (χ1v) is 6.84. The zero-order valence-corrected chi connectivity index (χ0v) is 11.5. The van der Waals surface area contributed by atoms with Gasteiger partial charge in [0.15, 0.2) is 0 Å². The fourth-order valence-electron chi connectivity index (χ4n) is 2.29. The highest BCUT2D eigenvalue weighted by molar-refractivity contribution is 5.84. The minimum Gasteiger partial charge on any atom is -0.391 e. The highest BCUT2D eigenvalue weighted by atomic mass is 16.3. The summed E-state index contributed by atoms with van der Waals surface area (Å²) in [4.78, 5) is 12.2. The van der Waals surface area contributed by atoms with Crippen LogP contribution in [-0.4, -0.2) is 30.2 Å². The molecular formula is C15H22N2O2. The summed E-state index contributed by atoms with van der Waals surface area (Å²) in [6.45, 7) is 5.66. The van der Waals surface area contributed by atoms with Crippen LogP contribution in [0.25, 0.3) is 0 Å². The van der Waals surface area contributed by atoms with E-state index in [9.17, 15) is 9.90 Å². The third-order valence-electron chi connectivity index (χ3n) is 3.67. The van der Waals surface area contributed by atoms with E-state index >= 15 is 0 Å². The van der Waals surface area contributed by atoms with Gasteiger partial charge in [0.1, 0.15) is 0 Å². The minimum absolute atomic E-state index is 0.0145. The Kier molecular flexibility index (Phi) is 4.56. The van der Waals surface area contributed by atoms with Gasteiger partial charge >= 0.3 is 0 Å². The molecule has 0 fully saturated rings. The van der Waals surface area contributed by atoms with Gasteiger partial charge < -0.3 is 15.7 Å².